The molecule has 2 aliphatic carbocycles. The summed E-state index contributed by atoms with van der Waals surface area (Å²) in [5.74, 6) is 1.71. The molecule has 0 saturated heterocycles. The zero-order valence-electron chi connectivity index (χ0n) is 9.78. The van der Waals surface area contributed by atoms with Crippen LogP contribution >= 0.6 is 0 Å². The van der Waals surface area contributed by atoms with Crippen LogP contribution in [-0.2, 0) is 0 Å². The fourth-order valence-corrected chi connectivity index (χ4v) is 2.93. The van der Waals surface area contributed by atoms with Crippen LogP contribution in [0.15, 0.2) is 36.0 Å². The fourth-order valence-electron chi connectivity index (χ4n) is 2.93. The third-order valence-electron chi connectivity index (χ3n) is 3.77. The van der Waals surface area contributed by atoms with Gasteiger partial charge in [0.2, 0.25) is 0 Å². The molecule has 0 N–H and O–H groups in total. The molecule has 0 spiro atoms. The van der Waals surface area contributed by atoms with Crippen molar-refractivity contribution >= 4 is 0 Å². The lowest BCUT2D eigenvalue weighted by Gasteiger charge is -2.29. The average molecular weight is 202 g/mol. The highest BCUT2D eigenvalue weighted by Gasteiger charge is 2.22. The SMILES string of the molecule is CCC(C1=CCCC=C1)C1CC=CCC1. The van der Waals surface area contributed by atoms with Gasteiger partial charge in [0.15, 0.2) is 0 Å². The maximum absolute atomic E-state index is 2.46. The molecule has 0 bridgehead atoms. The predicted molar refractivity (Wildman–Crippen MR) is 66.7 cm³/mol. The summed E-state index contributed by atoms with van der Waals surface area (Å²) in [7, 11) is 0. The van der Waals surface area contributed by atoms with E-state index in [-0.39, 0.29) is 0 Å². The topological polar surface area (TPSA) is 0 Å². The van der Waals surface area contributed by atoms with E-state index in [4.69, 9.17) is 0 Å². The molecule has 0 aliphatic heterocycles. The van der Waals surface area contributed by atoms with E-state index in [1.165, 1.54) is 38.5 Å². The molecule has 0 heterocycles. The van der Waals surface area contributed by atoms with Crippen LogP contribution < -0.4 is 0 Å². The molecule has 0 nitrogen and oxygen atoms in total. The zero-order chi connectivity index (χ0) is 10.5. The van der Waals surface area contributed by atoms with Crippen LogP contribution in [0.4, 0.5) is 0 Å². The summed E-state index contributed by atoms with van der Waals surface area (Å²) >= 11 is 0. The standard InChI is InChI=1S/C15H22/c1-2-15(13-9-5-3-6-10-13)14-11-7-4-8-12-14/h3,5,7,11-13,15H,2,4,6,8-10H2,1H3. The second-order valence-electron chi connectivity index (χ2n) is 4.74. The summed E-state index contributed by atoms with van der Waals surface area (Å²) < 4.78 is 0. The molecule has 0 fully saturated rings. The molecule has 82 valence electrons. The minimum absolute atomic E-state index is 0.812. The smallest absolute Gasteiger partial charge is 0.0136 e. The third kappa shape index (κ3) is 2.62. The average Bonchev–Trinajstić information content (AvgIpc) is 2.33. The summed E-state index contributed by atoms with van der Waals surface area (Å²) in [4.78, 5) is 0. The molecular formula is C15H22. The van der Waals surface area contributed by atoms with E-state index in [1.807, 2.05) is 0 Å². The van der Waals surface area contributed by atoms with Crippen LogP contribution in [0.5, 0.6) is 0 Å². The van der Waals surface area contributed by atoms with Crippen molar-refractivity contribution in [1.82, 2.24) is 0 Å². The minimum Gasteiger partial charge on any atom is -0.0885 e. The van der Waals surface area contributed by atoms with Crippen LogP contribution in [0.1, 0.15) is 45.4 Å². The molecule has 2 unspecified atom stereocenters. The Kier molecular flexibility index (Phi) is 3.82. The van der Waals surface area contributed by atoms with E-state index in [0.717, 1.165) is 11.8 Å². The molecule has 0 aromatic heterocycles. The van der Waals surface area contributed by atoms with E-state index in [9.17, 15) is 0 Å². The molecular weight excluding hydrogens is 180 g/mol. The van der Waals surface area contributed by atoms with E-state index in [2.05, 4.69) is 37.3 Å². The van der Waals surface area contributed by atoms with Gasteiger partial charge in [-0.2, -0.15) is 0 Å². The van der Waals surface area contributed by atoms with Crippen LogP contribution in [0.25, 0.3) is 0 Å². The van der Waals surface area contributed by atoms with Gasteiger partial charge in [-0.25, -0.2) is 0 Å². The Morgan fingerprint density at radius 1 is 1.20 bits per heavy atom. The Balaban J connectivity index is 2.05. The van der Waals surface area contributed by atoms with Gasteiger partial charge in [-0.3, -0.25) is 0 Å². The molecule has 15 heavy (non-hydrogen) atoms. The molecule has 0 aromatic carbocycles. The van der Waals surface area contributed by atoms with Crippen LogP contribution in [0.2, 0.25) is 0 Å². The first-order valence-electron chi connectivity index (χ1n) is 6.43. The molecule has 0 saturated carbocycles. The van der Waals surface area contributed by atoms with E-state index >= 15 is 0 Å². The highest BCUT2D eigenvalue weighted by atomic mass is 14.3. The first-order valence-corrected chi connectivity index (χ1v) is 6.43. The molecule has 0 heteroatoms. The van der Waals surface area contributed by atoms with Crippen molar-refractivity contribution in [3.63, 3.8) is 0 Å². The molecule has 0 amide bonds. The van der Waals surface area contributed by atoms with E-state index in [0.29, 0.717) is 0 Å². The quantitative estimate of drug-likeness (QED) is 0.585. The first kappa shape index (κ1) is 10.7. The Morgan fingerprint density at radius 3 is 2.73 bits per heavy atom. The van der Waals surface area contributed by atoms with Crippen molar-refractivity contribution in [2.45, 2.75) is 45.4 Å². The van der Waals surface area contributed by atoms with Gasteiger partial charge in [0, 0.05) is 0 Å². The maximum Gasteiger partial charge on any atom is -0.0136 e. The van der Waals surface area contributed by atoms with Crippen LogP contribution in [-0.4, -0.2) is 0 Å². The first-order chi connectivity index (χ1) is 7.42. The van der Waals surface area contributed by atoms with Gasteiger partial charge in [-0.1, -0.05) is 37.3 Å². The Morgan fingerprint density at radius 2 is 2.13 bits per heavy atom. The molecule has 2 atom stereocenters. The van der Waals surface area contributed by atoms with Gasteiger partial charge in [0.05, 0.1) is 0 Å². The molecule has 2 aliphatic rings. The van der Waals surface area contributed by atoms with Crippen LogP contribution in [0.3, 0.4) is 0 Å². The van der Waals surface area contributed by atoms with E-state index in [1.54, 1.807) is 5.57 Å². The molecule has 0 radical (unpaired) electrons. The summed E-state index contributed by atoms with van der Waals surface area (Å²) in [6.45, 7) is 2.34. The summed E-state index contributed by atoms with van der Waals surface area (Å²) in [6.07, 6.45) is 19.7. The summed E-state index contributed by atoms with van der Waals surface area (Å²) in [5, 5.41) is 0. The highest BCUT2D eigenvalue weighted by Crippen LogP contribution is 2.35. The van der Waals surface area contributed by atoms with Gasteiger partial charge < -0.3 is 0 Å². The second-order valence-corrected chi connectivity index (χ2v) is 4.74. The van der Waals surface area contributed by atoms with Gasteiger partial charge in [0.1, 0.15) is 0 Å². The normalized spacial score (nSPS) is 27.5. The fraction of sp³-hybridized carbons (Fsp3) is 0.600. The zero-order valence-corrected chi connectivity index (χ0v) is 9.78. The Hall–Kier alpha value is -0.780. The summed E-state index contributed by atoms with van der Waals surface area (Å²) in [6, 6.07) is 0. The summed E-state index contributed by atoms with van der Waals surface area (Å²) in [5.41, 5.74) is 1.61. The molecule has 2 rings (SSSR count). The van der Waals surface area contributed by atoms with Gasteiger partial charge in [-0.05, 0) is 55.9 Å². The lowest BCUT2D eigenvalue weighted by atomic mass is 9.76. The predicted octanol–water partition coefficient (Wildman–Crippen LogP) is 4.65. The van der Waals surface area contributed by atoms with Crippen molar-refractivity contribution in [1.29, 1.82) is 0 Å². The lowest BCUT2D eigenvalue weighted by molar-refractivity contribution is 0.344. The second kappa shape index (κ2) is 5.34. The largest absolute Gasteiger partial charge is 0.0885 e. The van der Waals surface area contributed by atoms with Gasteiger partial charge in [0.25, 0.3) is 0 Å². The number of hydrogen-bond acceptors (Lipinski definition) is 0. The Labute approximate surface area is 93.8 Å². The molecule has 0 aromatic rings. The van der Waals surface area contributed by atoms with Crippen LogP contribution in [0, 0.1) is 11.8 Å². The number of allylic oxidation sites excluding steroid dienone is 6. The van der Waals surface area contributed by atoms with Gasteiger partial charge in [-0.15, -0.1) is 0 Å². The number of rotatable bonds is 3. The van der Waals surface area contributed by atoms with Crippen molar-refractivity contribution in [3.05, 3.63) is 36.0 Å². The van der Waals surface area contributed by atoms with Crippen molar-refractivity contribution in [2.24, 2.45) is 11.8 Å². The van der Waals surface area contributed by atoms with Crippen molar-refractivity contribution in [2.75, 3.05) is 0 Å². The van der Waals surface area contributed by atoms with Crippen molar-refractivity contribution < 1.29 is 0 Å². The van der Waals surface area contributed by atoms with E-state index < -0.39 is 0 Å². The number of hydrogen-bond donors (Lipinski definition) is 0. The van der Waals surface area contributed by atoms with Crippen molar-refractivity contribution in [3.8, 4) is 0 Å². The lowest BCUT2D eigenvalue weighted by Crippen LogP contribution is -2.17. The highest BCUT2D eigenvalue weighted by molar-refractivity contribution is 5.26. The maximum atomic E-state index is 2.46. The Bertz CT molecular complexity index is 280. The van der Waals surface area contributed by atoms with Gasteiger partial charge >= 0.3 is 0 Å². The minimum atomic E-state index is 0.812. The monoisotopic (exact) mass is 202 g/mol. The third-order valence-corrected chi connectivity index (χ3v) is 3.77.